The van der Waals surface area contributed by atoms with Crippen molar-refractivity contribution in [1.82, 2.24) is 0 Å². The van der Waals surface area contributed by atoms with E-state index in [-0.39, 0.29) is 19.4 Å². The zero-order valence-electron chi connectivity index (χ0n) is 30.3. The molecule has 0 spiro atoms. The summed E-state index contributed by atoms with van der Waals surface area (Å²) < 4.78 is 53.7. The van der Waals surface area contributed by atoms with E-state index in [1.807, 2.05) is 0 Å². The summed E-state index contributed by atoms with van der Waals surface area (Å²) >= 11 is 0. The maximum Gasteiger partial charge on any atom is 0.306 e. The van der Waals surface area contributed by atoms with E-state index in [0.29, 0.717) is 12.8 Å². The average molecular weight is 725 g/mol. The molecule has 49 heavy (non-hydrogen) atoms. The van der Waals surface area contributed by atoms with Crippen LogP contribution in [0.5, 0.6) is 0 Å². The van der Waals surface area contributed by atoms with Gasteiger partial charge in [0.15, 0.2) is 12.4 Å². The summed E-state index contributed by atoms with van der Waals surface area (Å²) in [6.07, 6.45) is 14.6. The Kier molecular flexibility index (Phi) is 26.3. The first kappa shape index (κ1) is 45.7. The summed E-state index contributed by atoms with van der Waals surface area (Å²) in [6, 6.07) is 0. The summed E-state index contributed by atoms with van der Waals surface area (Å²) in [5.74, 6) is -1.97. The molecule has 1 aliphatic heterocycles. The van der Waals surface area contributed by atoms with Crippen molar-refractivity contribution in [3.8, 4) is 0 Å². The maximum absolute atomic E-state index is 12.7. The molecule has 12 nitrogen and oxygen atoms in total. The van der Waals surface area contributed by atoms with Gasteiger partial charge in [-0.1, -0.05) is 136 Å². The summed E-state index contributed by atoms with van der Waals surface area (Å²) in [6.45, 7) is 3.71. The molecule has 1 heterocycles. The fourth-order valence-electron chi connectivity index (χ4n) is 5.91. The number of hydrogen-bond acceptors (Lipinski definition) is 11. The third-order valence-corrected chi connectivity index (χ3v) is 9.69. The predicted octanol–water partition coefficient (Wildman–Crippen LogP) is 6.17. The molecule has 1 rings (SSSR count). The summed E-state index contributed by atoms with van der Waals surface area (Å²) in [5.41, 5.74) is 0. The van der Waals surface area contributed by atoms with E-state index in [0.717, 1.165) is 38.5 Å². The first-order valence-corrected chi connectivity index (χ1v) is 20.7. The molecule has 0 aromatic rings. The van der Waals surface area contributed by atoms with Gasteiger partial charge in [0.25, 0.3) is 10.1 Å². The van der Waals surface area contributed by atoms with Gasteiger partial charge in [0.05, 0.1) is 6.61 Å². The number of hydrogen-bond donors (Lipinski definition) is 4. The van der Waals surface area contributed by atoms with Gasteiger partial charge in [-0.2, -0.15) is 8.42 Å². The average Bonchev–Trinajstić information content (AvgIpc) is 3.05. The van der Waals surface area contributed by atoms with Crippen LogP contribution in [0, 0.1) is 0 Å². The van der Waals surface area contributed by atoms with Gasteiger partial charge in [-0.15, -0.1) is 0 Å². The minimum Gasteiger partial charge on any atom is -0.462 e. The summed E-state index contributed by atoms with van der Waals surface area (Å²) in [5, 5.41) is 30.7. The highest BCUT2D eigenvalue weighted by atomic mass is 32.2. The predicted molar refractivity (Wildman–Crippen MR) is 187 cm³/mol. The molecule has 0 radical (unpaired) electrons. The minimum absolute atomic E-state index is 0.170. The SMILES string of the molecule is CCCCCCCCCCCCCC(=O)OC[C@H](CO[C@@H]1O[C@H](CS(=O)(=O)O)[C@@H](O)[C@H](O)[C@H]1O)OC(=O)CCCCCCCCCCCC. The first-order valence-electron chi connectivity index (χ1n) is 19.1. The van der Waals surface area contributed by atoms with Crippen molar-refractivity contribution in [1.29, 1.82) is 0 Å². The Morgan fingerprint density at radius 2 is 1.04 bits per heavy atom. The van der Waals surface area contributed by atoms with E-state index >= 15 is 0 Å². The zero-order valence-corrected chi connectivity index (χ0v) is 31.1. The molecule has 0 amide bonds. The van der Waals surface area contributed by atoms with Gasteiger partial charge in [-0.3, -0.25) is 14.1 Å². The smallest absolute Gasteiger partial charge is 0.306 e. The van der Waals surface area contributed by atoms with E-state index in [1.165, 1.54) is 83.5 Å². The van der Waals surface area contributed by atoms with Crippen LogP contribution in [0.15, 0.2) is 0 Å². The molecule has 0 aromatic heterocycles. The van der Waals surface area contributed by atoms with Crippen LogP contribution in [-0.2, 0) is 38.7 Å². The third kappa shape index (κ3) is 23.7. The highest BCUT2D eigenvalue weighted by molar-refractivity contribution is 7.85. The number of ether oxygens (including phenoxy) is 4. The first-order chi connectivity index (χ1) is 23.5. The second-order valence-electron chi connectivity index (χ2n) is 13.6. The molecular formula is C36H68O12S. The van der Waals surface area contributed by atoms with Gasteiger partial charge in [0, 0.05) is 12.8 Å². The van der Waals surface area contributed by atoms with Crippen LogP contribution >= 0.6 is 0 Å². The molecule has 6 atom stereocenters. The van der Waals surface area contributed by atoms with Crippen LogP contribution in [0.4, 0.5) is 0 Å². The minimum atomic E-state index is -4.59. The van der Waals surface area contributed by atoms with Crippen LogP contribution in [0.1, 0.15) is 162 Å². The fourth-order valence-corrected chi connectivity index (χ4v) is 6.60. The van der Waals surface area contributed by atoms with Gasteiger partial charge >= 0.3 is 11.9 Å². The Hall–Kier alpha value is -1.35. The lowest BCUT2D eigenvalue weighted by Crippen LogP contribution is -2.60. The molecule has 4 N–H and O–H groups in total. The second kappa shape index (κ2) is 28.3. The quantitative estimate of drug-likeness (QED) is 0.0363. The van der Waals surface area contributed by atoms with Crippen LogP contribution < -0.4 is 0 Å². The second-order valence-corrected chi connectivity index (χ2v) is 15.1. The maximum atomic E-state index is 12.7. The zero-order chi connectivity index (χ0) is 36.3. The monoisotopic (exact) mass is 724 g/mol. The Morgan fingerprint density at radius 1 is 0.612 bits per heavy atom. The van der Waals surface area contributed by atoms with E-state index in [2.05, 4.69) is 13.8 Å². The molecule has 1 fully saturated rings. The van der Waals surface area contributed by atoms with Crippen molar-refractivity contribution in [3.05, 3.63) is 0 Å². The molecule has 290 valence electrons. The molecular weight excluding hydrogens is 656 g/mol. The van der Waals surface area contributed by atoms with Crippen LogP contribution in [-0.4, -0.2) is 96.0 Å². The number of rotatable bonds is 31. The normalized spacial score (nSPS) is 21.8. The van der Waals surface area contributed by atoms with E-state index in [1.54, 1.807) is 0 Å². The number of aliphatic hydroxyl groups excluding tert-OH is 3. The molecule has 1 saturated heterocycles. The molecule has 13 heteroatoms. The van der Waals surface area contributed by atoms with Crippen molar-refractivity contribution in [2.75, 3.05) is 19.0 Å². The number of unbranched alkanes of at least 4 members (excludes halogenated alkanes) is 19. The van der Waals surface area contributed by atoms with Gasteiger partial charge in [0.1, 0.15) is 36.8 Å². The Balaban J connectivity index is 2.53. The summed E-state index contributed by atoms with van der Waals surface area (Å²) in [4.78, 5) is 25.1. The lowest BCUT2D eigenvalue weighted by molar-refractivity contribution is -0.297. The molecule has 0 aliphatic carbocycles. The van der Waals surface area contributed by atoms with Gasteiger partial charge < -0.3 is 34.3 Å². The van der Waals surface area contributed by atoms with Gasteiger partial charge in [-0.25, -0.2) is 0 Å². The van der Waals surface area contributed by atoms with Crippen molar-refractivity contribution in [3.63, 3.8) is 0 Å². The number of carbonyl (C=O) groups is 2. The lowest BCUT2D eigenvalue weighted by atomic mass is 10.00. The molecule has 0 aromatic carbocycles. The highest BCUT2D eigenvalue weighted by Gasteiger charge is 2.46. The number of esters is 2. The fraction of sp³-hybridized carbons (Fsp3) is 0.944. The summed E-state index contributed by atoms with van der Waals surface area (Å²) in [7, 11) is -4.59. The Morgan fingerprint density at radius 3 is 1.49 bits per heavy atom. The number of aliphatic hydroxyl groups is 3. The molecule has 0 unspecified atom stereocenters. The van der Waals surface area contributed by atoms with Crippen LogP contribution in [0.3, 0.4) is 0 Å². The van der Waals surface area contributed by atoms with Crippen LogP contribution in [0.25, 0.3) is 0 Å². The Labute approximate surface area is 295 Å². The topological polar surface area (TPSA) is 186 Å². The van der Waals surface area contributed by atoms with Gasteiger partial charge in [0.2, 0.25) is 0 Å². The van der Waals surface area contributed by atoms with Crippen molar-refractivity contribution < 1.29 is 56.8 Å². The lowest BCUT2D eigenvalue weighted by Gasteiger charge is -2.40. The van der Waals surface area contributed by atoms with Crippen molar-refractivity contribution >= 4 is 22.1 Å². The standard InChI is InChI=1S/C36H68O12S/c1-3-5-7-9-11-13-15-17-18-20-22-24-31(37)45-26-29(47-32(38)25-23-21-19-16-14-12-10-8-6-4-2)27-46-36-35(41)34(40)33(39)30(48-36)28-49(42,43)44/h29-30,33-36,39-41H,3-28H2,1-2H3,(H,42,43,44)/t29-,30-,33-,34+,35-,36-/m1/s1. The van der Waals surface area contributed by atoms with E-state index in [4.69, 9.17) is 18.9 Å². The largest absolute Gasteiger partial charge is 0.462 e. The van der Waals surface area contributed by atoms with Gasteiger partial charge in [-0.05, 0) is 12.8 Å². The van der Waals surface area contributed by atoms with Crippen molar-refractivity contribution in [2.24, 2.45) is 0 Å². The highest BCUT2D eigenvalue weighted by Crippen LogP contribution is 2.24. The third-order valence-electron chi connectivity index (χ3n) is 8.94. The van der Waals surface area contributed by atoms with E-state index < -0.39 is 71.2 Å². The number of carbonyl (C=O) groups excluding carboxylic acids is 2. The Bertz CT molecular complexity index is 946. The van der Waals surface area contributed by atoms with E-state index in [9.17, 15) is 37.9 Å². The molecule has 1 aliphatic rings. The van der Waals surface area contributed by atoms with Crippen molar-refractivity contribution in [2.45, 2.75) is 198 Å². The van der Waals surface area contributed by atoms with Crippen LogP contribution in [0.2, 0.25) is 0 Å². The molecule has 0 saturated carbocycles. The molecule has 0 bridgehead atoms.